The quantitative estimate of drug-likeness (QED) is 0.807. The molecule has 23 heavy (non-hydrogen) atoms. The normalized spacial score (nSPS) is 12.0. The number of halogens is 1. The summed E-state index contributed by atoms with van der Waals surface area (Å²) >= 11 is 3.49. The van der Waals surface area contributed by atoms with E-state index in [0.29, 0.717) is 17.8 Å². The standard InChI is InChI=1S/C17H20BrN3O2/c1-10(9-21-12(3)16(18)11(2)20-21)17(23)19-15-7-5-14(6-8-15)13(4)22/h5-8,10H,9H2,1-4H3,(H,19,23). The third-order valence-electron chi connectivity index (χ3n) is 3.75. The van der Waals surface area contributed by atoms with Crippen LogP contribution in [0, 0.1) is 19.8 Å². The average Bonchev–Trinajstić information content (AvgIpc) is 2.75. The highest BCUT2D eigenvalue weighted by Gasteiger charge is 2.17. The number of benzene rings is 1. The minimum absolute atomic E-state index is 0.00588. The summed E-state index contributed by atoms with van der Waals surface area (Å²) in [5, 5.41) is 7.29. The van der Waals surface area contributed by atoms with E-state index in [4.69, 9.17) is 0 Å². The van der Waals surface area contributed by atoms with Gasteiger partial charge in [-0.05, 0) is 61.0 Å². The van der Waals surface area contributed by atoms with Crippen molar-refractivity contribution in [2.24, 2.45) is 5.92 Å². The molecule has 122 valence electrons. The smallest absolute Gasteiger partial charge is 0.229 e. The fourth-order valence-corrected chi connectivity index (χ4v) is 2.53. The Hall–Kier alpha value is -1.95. The molecule has 1 heterocycles. The van der Waals surface area contributed by atoms with Crippen LogP contribution < -0.4 is 5.32 Å². The average molecular weight is 378 g/mol. The third kappa shape index (κ3) is 4.07. The molecule has 2 aromatic rings. The molecule has 0 spiro atoms. The molecular weight excluding hydrogens is 358 g/mol. The van der Waals surface area contributed by atoms with Gasteiger partial charge >= 0.3 is 0 Å². The highest BCUT2D eigenvalue weighted by molar-refractivity contribution is 9.10. The summed E-state index contributed by atoms with van der Waals surface area (Å²) in [4.78, 5) is 23.6. The molecule has 1 aromatic heterocycles. The van der Waals surface area contributed by atoms with Crippen molar-refractivity contribution in [1.29, 1.82) is 0 Å². The lowest BCUT2D eigenvalue weighted by Crippen LogP contribution is -2.25. The molecule has 0 bridgehead atoms. The van der Waals surface area contributed by atoms with Gasteiger partial charge in [-0.2, -0.15) is 5.10 Å². The number of carbonyl (C=O) groups excluding carboxylic acids is 2. The van der Waals surface area contributed by atoms with Crippen LogP contribution in [-0.4, -0.2) is 21.5 Å². The SMILES string of the molecule is CC(=O)c1ccc(NC(=O)C(C)Cn2nc(C)c(Br)c2C)cc1. The summed E-state index contributed by atoms with van der Waals surface area (Å²) in [5.74, 6) is -0.303. The highest BCUT2D eigenvalue weighted by atomic mass is 79.9. The van der Waals surface area contributed by atoms with Crippen LogP contribution in [0.25, 0.3) is 0 Å². The van der Waals surface area contributed by atoms with Gasteiger partial charge in [-0.25, -0.2) is 0 Å². The van der Waals surface area contributed by atoms with E-state index in [-0.39, 0.29) is 17.6 Å². The Labute approximate surface area is 144 Å². The van der Waals surface area contributed by atoms with E-state index >= 15 is 0 Å². The van der Waals surface area contributed by atoms with Gasteiger partial charge in [-0.15, -0.1) is 0 Å². The van der Waals surface area contributed by atoms with Crippen molar-refractivity contribution in [2.45, 2.75) is 34.2 Å². The molecule has 0 saturated carbocycles. The van der Waals surface area contributed by atoms with Gasteiger partial charge in [0.1, 0.15) is 0 Å². The Balaban J connectivity index is 2.02. The second kappa shape index (κ2) is 7.08. The summed E-state index contributed by atoms with van der Waals surface area (Å²) in [6, 6.07) is 6.89. The number of hydrogen-bond donors (Lipinski definition) is 1. The number of aromatic nitrogens is 2. The van der Waals surface area contributed by atoms with Crippen molar-refractivity contribution in [2.75, 3.05) is 5.32 Å². The molecule has 2 rings (SSSR count). The molecular formula is C17H20BrN3O2. The van der Waals surface area contributed by atoms with Crippen molar-refractivity contribution < 1.29 is 9.59 Å². The van der Waals surface area contributed by atoms with E-state index in [0.717, 1.165) is 15.9 Å². The zero-order chi connectivity index (χ0) is 17.1. The molecule has 1 unspecified atom stereocenters. The number of rotatable bonds is 5. The first kappa shape index (κ1) is 17.4. The third-order valence-corrected chi connectivity index (χ3v) is 4.89. The van der Waals surface area contributed by atoms with E-state index in [9.17, 15) is 9.59 Å². The van der Waals surface area contributed by atoms with Gasteiger partial charge in [0, 0.05) is 16.9 Å². The Morgan fingerprint density at radius 1 is 1.26 bits per heavy atom. The van der Waals surface area contributed by atoms with Gasteiger partial charge in [-0.1, -0.05) is 6.92 Å². The van der Waals surface area contributed by atoms with Crippen molar-refractivity contribution in [3.05, 3.63) is 45.7 Å². The molecule has 1 atom stereocenters. The zero-order valence-electron chi connectivity index (χ0n) is 13.7. The second-order valence-corrected chi connectivity index (χ2v) is 6.48. The van der Waals surface area contributed by atoms with Crippen molar-refractivity contribution in [3.8, 4) is 0 Å². The molecule has 0 radical (unpaired) electrons. The number of carbonyl (C=O) groups is 2. The predicted molar refractivity (Wildman–Crippen MR) is 93.6 cm³/mol. The van der Waals surface area contributed by atoms with Gasteiger partial charge < -0.3 is 5.32 Å². The topological polar surface area (TPSA) is 64.0 Å². The predicted octanol–water partition coefficient (Wildman–Crippen LogP) is 3.74. The monoisotopic (exact) mass is 377 g/mol. The van der Waals surface area contributed by atoms with E-state index in [2.05, 4.69) is 26.3 Å². The summed E-state index contributed by atoms with van der Waals surface area (Å²) in [6.07, 6.45) is 0. The fraction of sp³-hybridized carbons (Fsp3) is 0.353. The number of aryl methyl sites for hydroxylation is 1. The molecule has 0 fully saturated rings. The van der Waals surface area contributed by atoms with Gasteiger partial charge in [0.05, 0.1) is 22.6 Å². The lowest BCUT2D eigenvalue weighted by atomic mass is 10.1. The molecule has 5 nitrogen and oxygen atoms in total. The Morgan fingerprint density at radius 2 is 1.87 bits per heavy atom. The number of nitrogens with one attached hydrogen (secondary N) is 1. The first-order valence-corrected chi connectivity index (χ1v) is 8.20. The first-order chi connectivity index (χ1) is 10.8. The van der Waals surface area contributed by atoms with Gasteiger partial charge in [0.15, 0.2) is 5.78 Å². The van der Waals surface area contributed by atoms with Crippen LogP contribution >= 0.6 is 15.9 Å². The summed E-state index contributed by atoms with van der Waals surface area (Å²) in [6.45, 7) is 7.78. The molecule has 1 N–H and O–H groups in total. The van der Waals surface area contributed by atoms with Crippen molar-refractivity contribution in [3.63, 3.8) is 0 Å². The fourth-order valence-electron chi connectivity index (χ4n) is 2.25. The van der Waals surface area contributed by atoms with E-state index in [1.54, 1.807) is 24.3 Å². The van der Waals surface area contributed by atoms with Crippen LogP contribution in [0.15, 0.2) is 28.7 Å². The number of ketones is 1. The van der Waals surface area contributed by atoms with E-state index < -0.39 is 0 Å². The molecule has 0 aliphatic carbocycles. The van der Waals surface area contributed by atoms with E-state index in [1.165, 1.54) is 6.92 Å². The number of nitrogens with zero attached hydrogens (tertiary/aromatic N) is 2. The highest BCUT2D eigenvalue weighted by Crippen LogP contribution is 2.21. The van der Waals surface area contributed by atoms with Gasteiger partial charge in [0.2, 0.25) is 5.91 Å². The maximum atomic E-state index is 12.3. The Kier molecular flexibility index (Phi) is 5.36. The number of anilines is 1. The molecule has 0 aliphatic heterocycles. The summed E-state index contributed by atoms with van der Waals surface area (Å²) in [5.41, 5.74) is 3.23. The van der Waals surface area contributed by atoms with Gasteiger partial charge in [0.25, 0.3) is 0 Å². The first-order valence-electron chi connectivity index (χ1n) is 7.41. The molecule has 6 heteroatoms. The van der Waals surface area contributed by atoms with Gasteiger partial charge in [-0.3, -0.25) is 14.3 Å². The Morgan fingerprint density at radius 3 is 2.35 bits per heavy atom. The maximum absolute atomic E-state index is 12.3. The second-order valence-electron chi connectivity index (χ2n) is 5.69. The number of hydrogen-bond acceptors (Lipinski definition) is 3. The van der Waals surface area contributed by atoms with Crippen LogP contribution in [0.4, 0.5) is 5.69 Å². The van der Waals surface area contributed by atoms with Crippen molar-refractivity contribution >= 4 is 33.3 Å². The lowest BCUT2D eigenvalue weighted by molar-refractivity contribution is -0.119. The minimum Gasteiger partial charge on any atom is -0.326 e. The van der Waals surface area contributed by atoms with Crippen LogP contribution in [0.2, 0.25) is 0 Å². The molecule has 0 saturated heterocycles. The van der Waals surface area contributed by atoms with Crippen molar-refractivity contribution in [1.82, 2.24) is 9.78 Å². The van der Waals surface area contributed by atoms with Crippen LogP contribution in [0.5, 0.6) is 0 Å². The maximum Gasteiger partial charge on any atom is 0.229 e. The van der Waals surface area contributed by atoms with Crippen LogP contribution in [0.1, 0.15) is 35.6 Å². The number of amides is 1. The molecule has 0 aliphatic rings. The molecule has 1 amide bonds. The molecule has 1 aromatic carbocycles. The minimum atomic E-state index is -0.229. The van der Waals surface area contributed by atoms with Crippen LogP contribution in [-0.2, 0) is 11.3 Å². The zero-order valence-corrected chi connectivity index (χ0v) is 15.3. The van der Waals surface area contributed by atoms with E-state index in [1.807, 2.05) is 25.5 Å². The lowest BCUT2D eigenvalue weighted by Gasteiger charge is -2.13. The Bertz CT molecular complexity index is 735. The van der Waals surface area contributed by atoms with Crippen LogP contribution in [0.3, 0.4) is 0 Å². The summed E-state index contributed by atoms with van der Waals surface area (Å²) < 4.78 is 2.81. The largest absolute Gasteiger partial charge is 0.326 e. The summed E-state index contributed by atoms with van der Waals surface area (Å²) in [7, 11) is 0. The number of Topliss-reactive ketones (excluding diaryl/α,β-unsaturated/α-hetero) is 1.